The van der Waals surface area contributed by atoms with Gasteiger partial charge in [-0.3, -0.25) is 0 Å². The Morgan fingerprint density at radius 2 is 2.33 bits per heavy atom. The molecule has 0 aliphatic rings. The maximum absolute atomic E-state index is 5.94. The Kier molecular flexibility index (Phi) is 3.09. The van der Waals surface area contributed by atoms with Crippen molar-refractivity contribution < 1.29 is 4.42 Å². The van der Waals surface area contributed by atoms with Crippen LogP contribution in [0.5, 0.6) is 0 Å². The second kappa shape index (κ2) is 4.74. The van der Waals surface area contributed by atoms with Gasteiger partial charge in [0.05, 0.1) is 25.0 Å². The molecule has 0 aliphatic heterocycles. The van der Waals surface area contributed by atoms with E-state index >= 15 is 0 Å². The van der Waals surface area contributed by atoms with Crippen LogP contribution in [-0.4, -0.2) is 14.5 Å². The zero-order valence-corrected chi connectivity index (χ0v) is 11.6. The number of imidazole rings is 1. The molecule has 3 heterocycles. The number of rotatable bonds is 3. The zero-order valence-electron chi connectivity index (χ0n) is 9.31. The molecule has 3 rings (SSSR count). The number of furan rings is 1. The van der Waals surface area contributed by atoms with Crippen LogP contribution in [0.25, 0.3) is 11.2 Å². The molecule has 0 N–H and O–H groups in total. The van der Waals surface area contributed by atoms with Gasteiger partial charge in [-0.25, -0.2) is 9.97 Å². The number of aromatic nitrogens is 3. The molecule has 0 bridgehead atoms. The molecule has 92 valence electrons. The number of fused-ring (bicyclic) bond motifs is 1. The van der Waals surface area contributed by atoms with E-state index in [1.807, 2.05) is 16.7 Å². The van der Waals surface area contributed by atoms with Crippen molar-refractivity contribution in [3.63, 3.8) is 0 Å². The molecule has 0 aliphatic carbocycles. The lowest BCUT2D eigenvalue weighted by atomic mass is 10.3. The van der Waals surface area contributed by atoms with Crippen molar-refractivity contribution in [2.75, 3.05) is 0 Å². The molecule has 4 nitrogen and oxygen atoms in total. The van der Waals surface area contributed by atoms with E-state index in [-0.39, 0.29) is 0 Å². The van der Waals surface area contributed by atoms with Crippen LogP contribution in [0.1, 0.15) is 11.4 Å². The normalized spacial score (nSPS) is 11.2. The first-order chi connectivity index (χ1) is 8.78. The minimum atomic E-state index is 0.353. The summed E-state index contributed by atoms with van der Waals surface area (Å²) in [6.07, 6.45) is 5.12. The van der Waals surface area contributed by atoms with Gasteiger partial charge in [0.15, 0.2) is 5.65 Å². The summed E-state index contributed by atoms with van der Waals surface area (Å²) in [5.74, 6) is 1.16. The van der Waals surface area contributed by atoms with E-state index in [2.05, 4.69) is 25.9 Å². The van der Waals surface area contributed by atoms with E-state index in [0.717, 1.165) is 27.0 Å². The lowest BCUT2D eigenvalue weighted by Crippen LogP contribution is -2.03. The highest BCUT2D eigenvalue weighted by atomic mass is 79.9. The third-order valence-electron chi connectivity index (χ3n) is 2.67. The minimum Gasteiger partial charge on any atom is -0.472 e. The van der Waals surface area contributed by atoms with Crippen LogP contribution >= 0.6 is 27.5 Å². The van der Waals surface area contributed by atoms with E-state index in [1.165, 1.54) is 0 Å². The molecule has 0 aromatic carbocycles. The first-order valence-corrected chi connectivity index (χ1v) is 6.68. The zero-order chi connectivity index (χ0) is 12.5. The van der Waals surface area contributed by atoms with Crippen LogP contribution in [-0.2, 0) is 12.4 Å². The SMILES string of the molecule is ClCc1nc2cc(Br)cnc2n1Cc1ccoc1. The lowest BCUT2D eigenvalue weighted by Gasteiger charge is -2.04. The summed E-state index contributed by atoms with van der Waals surface area (Å²) in [4.78, 5) is 8.87. The molecule has 0 saturated carbocycles. The first kappa shape index (κ1) is 11.7. The van der Waals surface area contributed by atoms with Gasteiger partial charge in [0.2, 0.25) is 0 Å². The van der Waals surface area contributed by atoms with Crippen LogP contribution in [0.2, 0.25) is 0 Å². The van der Waals surface area contributed by atoms with Gasteiger partial charge in [-0.15, -0.1) is 11.6 Å². The molecular weight excluding hydrogens is 318 g/mol. The standard InChI is InChI=1S/C12H9BrClN3O/c13-9-3-10-12(15-5-9)17(11(4-14)16-10)6-8-1-2-18-7-8/h1-3,5,7H,4,6H2. The fourth-order valence-electron chi connectivity index (χ4n) is 1.87. The van der Waals surface area contributed by atoms with E-state index in [4.69, 9.17) is 16.0 Å². The highest BCUT2D eigenvalue weighted by Crippen LogP contribution is 2.20. The summed E-state index contributed by atoms with van der Waals surface area (Å²) in [5, 5.41) is 0. The van der Waals surface area contributed by atoms with Crippen molar-refractivity contribution in [3.8, 4) is 0 Å². The predicted octanol–water partition coefficient (Wildman–Crippen LogP) is 3.57. The van der Waals surface area contributed by atoms with E-state index in [9.17, 15) is 0 Å². The highest BCUT2D eigenvalue weighted by Gasteiger charge is 2.12. The van der Waals surface area contributed by atoms with Gasteiger partial charge in [0, 0.05) is 16.2 Å². The monoisotopic (exact) mass is 325 g/mol. The van der Waals surface area contributed by atoms with Crippen molar-refractivity contribution >= 4 is 38.7 Å². The third kappa shape index (κ3) is 2.04. The topological polar surface area (TPSA) is 43.9 Å². The van der Waals surface area contributed by atoms with Crippen LogP contribution in [0.15, 0.2) is 39.7 Å². The molecule has 0 amide bonds. The van der Waals surface area contributed by atoms with Crippen molar-refractivity contribution in [1.82, 2.24) is 14.5 Å². The third-order valence-corrected chi connectivity index (χ3v) is 3.34. The second-order valence-electron chi connectivity index (χ2n) is 3.88. The van der Waals surface area contributed by atoms with Crippen LogP contribution < -0.4 is 0 Å². The van der Waals surface area contributed by atoms with Gasteiger partial charge in [-0.05, 0) is 28.1 Å². The smallest absolute Gasteiger partial charge is 0.160 e. The molecule has 0 fully saturated rings. The van der Waals surface area contributed by atoms with E-state index in [0.29, 0.717) is 12.4 Å². The van der Waals surface area contributed by atoms with Crippen molar-refractivity contribution in [3.05, 3.63) is 46.7 Å². The summed E-state index contributed by atoms with van der Waals surface area (Å²) in [6.45, 7) is 0.656. The summed E-state index contributed by atoms with van der Waals surface area (Å²) >= 11 is 9.33. The highest BCUT2D eigenvalue weighted by molar-refractivity contribution is 9.10. The maximum Gasteiger partial charge on any atom is 0.160 e. The quantitative estimate of drug-likeness (QED) is 0.691. The Hall–Kier alpha value is -1.33. The predicted molar refractivity (Wildman–Crippen MR) is 72.6 cm³/mol. The second-order valence-corrected chi connectivity index (χ2v) is 5.06. The summed E-state index contributed by atoms with van der Waals surface area (Å²) < 4.78 is 7.98. The molecule has 0 atom stereocenters. The molecule has 3 aromatic rings. The summed E-state index contributed by atoms with van der Waals surface area (Å²) in [6, 6.07) is 3.85. The number of halogens is 2. The average molecular weight is 327 g/mol. The Balaban J connectivity index is 2.13. The summed E-state index contributed by atoms with van der Waals surface area (Å²) in [5.41, 5.74) is 2.73. The number of pyridine rings is 1. The van der Waals surface area contributed by atoms with Gasteiger partial charge in [0.25, 0.3) is 0 Å². The Morgan fingerprint density at radius 3 is 3.06 bits per heavy atom. The maximum atomic E-state index is 5.94. The average Bonchev–Trinajstić information content (AvgIpc) is 2.97. The van der Waals surface area contributed by atoms with Gasteiger partial charge in [-0.1, -0.05) is 0 Å². The molecule has 6 heteroatoms. The minimum absolute atomic E-state index is 0.353. The largest absolute Gasteiger partial charge is 0.472 e. The molecule has 0 unspecified atom stereocenters. The number of alkyl halides is 1. The van der Waals surface area contributed by atoms with Crippen molar-refractivity contribution in [2.24, 2.45) is 0 Å². The molecule has 0 spiro atoms. The van der Waals surface area contributed by atoms with Gasteiger partial charge in [0.1, 0.15) is 11.3 Å². The Labute approximate surface area is 117 Å². The van der Waals surface area contributed by atoms with Crippen LogP contribution in [0.3, 0.4) is 0 Å². The first-order valence-electron chi connectivity index (χ1n) is 5.35. The fraction of sp³-hybridized carbons (Fsp3) is 0.167. The molecule has 0 saturated heterocycles. The van der Waals surface area contributed by atoms with Gasteiger partial charge >= 0.3 is 0 Å². The molecular formula is C12H9BrClN3O. The lowest BCUT2D eigenvalue weighted by molar-refractivity contribution is 0.562. The number of hydrogen-bond donors (Lipinski definition) is 0. The van der Waals surface area contributed by atoms with Gasteiger partial charge < -0.3 is 8.98 Å². The van der Waals surface area contributed by atoms with Crippen molar-refractivity contribution in [1.29, 1.82) is 0 Å². The summed E-state index contributed by atoms with van der Waals surface area (Å²) in [7, 11) is 0. The van der Waals surface area contributed by atoms with Crippen LogP contribution in [0.4, 0.5) is 0 Å². The Bertz CT molecular complexity index is 678. The molecule has 0 radical (unpaired) electrons. The Morgan fingerprint density at radius 1 is 1.44 bits per heavy atom. The van der Waals surface area contributed by atoms with Crippen molar-refractivity contribution in [2.45, 2.75) is 12.4 Å². The van der Waals surface area contributed by atoms with E-state index < -0.39 is 0 Å². The van der Waals surface area contributed by atoms with Crippen LogP contribution in [0, 0.1) is 0 Å². The van der Waals surface area contributed by atoms with E-state index in [1.54, 1.807) is 18.7 Å². The number of nitrogens with zero attached hydrogens (tertiary/aromatic N) is 3. The number of hydrogen-bond acceptors (Lipinski definition) is 3. The fourth-order valence-corrected chi connectivity index (χ4v) is 2.39. The molecule has 3 aromatic heterocycles. The van der Waals surface area contributed by atoms with Gasteiger partial charge in [-0.2, -0.15) is 0 Å². The molecule has 18 heavy (non-hydrogen) atoms.